The Morgan fingerprint density at radius 1 is 1.19 bits per heavy atom. The van der Waals surface area contributed by atoms with Crippen molar-refractivity contribution in [1.29, 1.82) is 0 Å². The number of benzene rings is 2. The van der Waals surface area contributed by atoms with Crippen LogP contribution in [0.25, 0.3) is 10.9 Å². The van der Waals surface area contributed by atoms with Crippen molar-refractivity contribution in [3.05, 3.63) is 77.0 Å². The van der Waals surface area contributed by atoms with Gasteiger partial charge in [-0.2, -0.15) is 0 Å². The number of carbonyl (C=O) groups excluding carboxylic acids is 1. The van der Waals surface area contributed by atoms with Crippen LogP contribution in [0.4, 0.5) is 21.5 Å². The minimum absolute atomic E-state index is 0.0962. The molecule has 2 aromatic heterocycles. The molecule has 4 N–H and O–H groups in total. The number of carbonyl (C=O) groups is 1. The van der Waals surface area contributed by atoms with Crippen LogP contribution >= 0.6 is 0 Å². The minimum Gasteiger partial charge on any atom is -0.492 e. The molecule has 0 saturated carbocycles. The highest BCUT2D eigenvalue weighted by atomic mass is 19.1. The number of aromatic amines is 1. The topological polar surface area (TPSA) is 108 Å². The number of nitrogens with zero attached hydrogens (tertiary/aromatic N) is 1. The van der Waals surface area contributed by atoms with E-state index in [1.54, 1.807) is 24.4 Å². The molecule has 0 unspecified atom stereocenters. The fraction of sp³-hybridized carbons (Fsp3) is 0.259. The van der Waals surface area contributed by atoms with Gasteiger partial charge >= 0.3 is 5.97 Å². The van der Waals surface area contributed by atoms with E-state index in [0.29, 0.717) is 48.4 Å². The molecule has 9 heteroatoms. The quantitative estimate of drug-likeness (QED) is 0.261. The molecule has 2 heterocycles. The van der Waals surface area contributed by atoms with E-state index in [9.17, 15) is 9.90 Å². The number of aliphatic hydroxyl groups is 1. The maximum absolute atomic E-state index is 15.3. The van der Waals surface area contributed by atoms with Crippen molar-refractivity contribution in [1.82, 2.24) is 9.97 Å². The van der Waals surface area contributed by atoms with E-state index in [1.807, 2.05) is 24.4 Å². The molecule has 0 radical (unpaired) electrons. The number of fused-ring (bicyclic) bond motifs is 2. The second kappa shape index (κ2) is 9.87. The third-order valence-electron chi connectivity index (χ3n) is 6.56. The molecule has 0 saturated heterocycles. The molecule has 1 atom stereocenters. The third-order valence-corrected chi connectivity index (χ3v) is 6.56. The van der Waals surface area contributed by atoms with Crippen molar-refractivity contribution < 1.29 is 23.8 Å². The third kappa shape index (κ3) is 4.22. The minimum atomic E-state index is -0.573. The van der Waals surface area contributed by atoms with Gasteiger partial charge in [-0.3, -0.25) is 4.98 Å². The number of hydrogen-bond donors (Lipinski definition) is 4. The summed E-state index contributed by atoms with van der Waals surface area (Å²) in [4.78, 5) is 19.4. The van der Waals surface area contributed by atoms with Crippen LogP contribution < -0.4 is 15.4 Å². The molecular weight excluding hydrogens is 463 g/mol. The smallest absolute Gasteiger partial charge is 0.339 e. The second-order valence-corrected chi connectivity index (χ2v) is 8.62. The Morgan fingerprint density at radius 2 is 2.03 bits per heavy atom. The van der Waals surface area contributed by atoms with Crippen LogP contribution in [0.1, 0.15) is 39.7 Å². The lowest BCUT2D eigenvalue weighted by molar-refractivity contribution is 0.0602. The zero-order chi connectivity index (χ0) is 25.2. The van der Waals surface area contributed by atoms with E-state index in [0.717, 1.165) is 27.7 Å². The number of para-hydroxylation sites is 1. The Hall–Kier alpha value is -4.11. The van der Waals surface area contributed by atoms with Gasteiger partial charge in [0.25, 0.3) is 0 Å². The number of pyridine rings is 1. The molecule has 1 aliphatic rings. The normalized spacial score (nSPS) is 14.5. The van der Waals surface area contributed by atoms with E-state index in [2.05, 4.69) is 20.6 Å². The number of aliphatic hydroxyl groups excluding tert-OH is 1. The molecule has 8 nitrogen and oxygen atoms in total. The van der Waals surface area contributed by atoms with Gasteiger partial charge in [-0.25, -0.2) is 9.18 Å². The van der Waals surface area contributed by atoms with Crippen LogP contribution in [-0.2, 0) is 17.6 Å². The van der Waals surface area contributed by atoms with E-state index >= 15 is 4.39 Å². The molecule has 4 aromatic rings. The van der Waals surface area contributed by atoms with Gasteiger partial charge in [0, 0.05) is 30.0 Å². The first-order valence-electron chi connectivity index (χ1n) is 11.7. The Kier molecular flexibility index (Phi) is 6.47. The molecule has 36 heavy (non-hydrogen) atoms. The maximum atomic E-state index is 15.3. The lowest BCUT2D eigenvalue weighted by Gasteiger charge is -2.17. The van der Waals surface area contributed by atoms with Gasteiger partial charge in [0.05, 0.1) is 48.5 Å². The number of rotatable bonds is 8. The first kappa shape index (κ1) is 23.6. The summed E-state index contributed by atoms with van der Waals surface area (Å²) in [7, 11) is 2.78. The highest BCUT2D eigenvalue weighted by molar-refractivity contribution is 6.03. The van der Waals surface area contributed by atoms with Crippen LogP contribution in [0.15, 0.2) is 48.8 Å². The van der Waals surface area contributed by atoms with Crippen LogP contribution in [0, 0.1) is 5.82 Å². The molecule has 2 aromatic carbocycles. The van der Waals surface area contributed by atoms with Crippen molar-refractivity contribution in [2.45, 2.75) is 25.4 Å². The number of aromatic nitrogens is 2. The Labute approximate surface area is 207 Å². The summed E-state index contributed by atoms with van der Waals surface area (Å²) in [6.45, 7) is 0.470. The highest BCUT2D eigenvalue weighted by Gasteiger charge is 2.25. The fourth-order valence-corrected chi connectivity index (χ4v) is 4.76. The number of nitrogens with one attached hydrogen (secondary N) is 3. The molecule has 1 aliphatic carbocycles. The zero-order valence-corrected chi connectivity index (χ0v) is 20.0. The summed E-state index contributed by atoms with van der Waals surface area (Å²) >= 11 is 0. The fourth-order valence-electron chi connectivity index (χ4n) is 4.76. The van der Waals surface area contributed by atoms with Gasteiger partial charge in [-0.15, -0.1) is 0 Å². The van der Waals surface area contributed by atoms with Crippen LogP contribution in [-0.4, -0.2) is 41.8 Å². The predicted molar refractivity (Wildman–Crippen MR) is 136 cm³/mol. The second-order valence-electron chi connectivity index (χ2n) is 8.62. The number of H-pyrrole nitrogens is 1. The van der Waals surface area contributed by atoms with E-state index < -0.39 is 17.9 Å². The summed E-state index contributed by atoms with van der Waals surface area (Å²) in [5.74, 6) is -0.804. The highest BCUT2D eigenvalue weighted by Crippen LogP contribution is 2.39. The molecule has 0 bridgehead atoms. The first-order chi connectivity index (χ1) is 17.5. The van der Waals surface area contributed by atoms with Crippen molar-refractivity contribution >= 4 is 33.9 Å². The lowest BCUT2D eigenvalue weighted by atomic mass is 10.1. The number of esters is 1. The molecule has 0 spiro atoms. The number of hydrogen-bond acceptors (Lipinski definition) is 7. The van der Waals surface area contributed by atoms with Gasteiger partial charge in [-0.05, 0) is 54.7 Å². The average molecular weight is 491 g/mol. The Balaban J connectivity index is 1.31. The summed E-state index contributed by atoms with van der Waals surface area (Å²) in [6, 6.07) is 10.7. The summed E-state index contributed by atoms with van der Waals surface area (Å²) in [5.41, 5.74) is 5.38. The van der Waals surface area contributed by atoms with Gasteiger partial charge in [0.15, 0.2) is 11.6 Å². The van der Waals surface area contributed by atoms with E-state index in [-0.39, 0.29) is 5.75 Å². The average Bonchev–Trinajstić information content (AvgIpc) is 3.49. The zero-order valence-electron chi connectivity index (χ0n) is 20.0. The predicted octanol–water partition coefficient (Wildman–Crippen LogP) is 4.88. The molecule has 0 fully saturated rings. The molecule has 186 valence electrons. The SMILES string of the molecule is COC(=O)c1cccc2c(CCNc3ccc(Nc4ccnc5c4CC[C@@H]5O)c(OC)c3F)c[nH]c12. The first-order valence-corrected chi connectivity index (χ1v) is 11.7. The van der Waals surface area contributed by atoms with Crippen LogP contribution in [0.5, 0.6) is 5.75 Å². The number of methoxy groups -OCH3 is 2. The van der Waals surface area contributed by atoms with Crippen molar-refractivity contribution in [3.8, 4) is 5.75 Å². The standard InChI is InChI=1S/C27H27FN4O4/c1-35-26-21(32-19-11-13-30-25-17(19)6-9-22(25)33)8-7-20(23(26)28)29-12-10-15-14-31-24-16(15)4-3-5-18(24)27(34)36-2/h3-5,7-8,11,13-14,22,29,31,33H,6,9-10,12H2,1-2H3,(H,30,32)/t22-/m0/s1. The number of anilines is 3. The summed E-state index contributed by atoms with van der Waals surface area (Å²) < 4.78 is 25.6. The van der Waals surface area contributed by atoms with Gasteiger partial charge in [0.1, 0.15) is 0 Å². The van der Waals surface area contributed by atoms with Gasteiger partial charge in [0.2, 0.25) is 0 Å². The van der Waals surface area contributed by atoms with Crippen molar-refractivity contribution in [2.75, 3.05) is 31.4 Å². The monoisotopic (exact) mass is 490 g/mol. The molecular formula is C27H27FN4O4. The molecule has 5 rings (SSSR count). The van der Waals surface area contributed by atoms with E-state index in [1.165, 1.54) is 14.2 Å². The van der Waals surface area contributed by atoms with Gasteiger partial charge < -0.3 is 30.2 Å². The number of halogens is 1. The number of ether oxygens (including phenoxy) is 2. The largest absolute Gasteiger partial charge is 0.492 e. The van der Waals surface area contributed by atoms with Gasteiger partial charge in [-0.1, -0.05) is 12.1 Å². The van der Waals surface area contributed by atoms with E-state index in [4.69, 9.17) is 9.47 Å². The maximum Gasteiger partial charge on any atom is 0.339 e. The molecule has 0 amide bonds. The lowest BCUT2D eigenvalue weighted by Crippen LogP contribution is -2.08. The molecule has 0 aliphatic heterocycles. The van der Waals surface area contributed by atoms with Crippen LogP contribution in [0.3, 0.4) is 0 Å². The Morgan fingerprint density at radius 3 is 2.83 bits per heavy atom. The van der Waals surface area contributed by atoms with Crippen molar-refractivity contribution in [2.24, 2.45) is 0 Å². The van der Waals surface area contributed by atoms with Crippen LogP contribution in [0.2, 0.25) is 0 Å². The Bertz CT molecular complexity index is 1440. The summed E-state index contributed by atoms with van der Waals surface area (Å²) in [5, 5.41) is 17.4. The summed E-state index contributed by atoms with van der Waals surface area (Å²) in [6.07, 6.45) is 4.84. The van der Waals surface area contributed by atoms with Crippen molar-refractivity contribution in [3.63, 3.8) is 0 Å².